The Balaban J connectivity index is 0.00000192. The molecular weight excluding hydrogens is 312 g/mol. The summed E-state index contributed by atoms with van der Waals surface area (Å²) in [5, 5.41) is 1.05. The Morgan fingerprint density at radius 2 is 1.91 bits per heavy atom. The number of amides is 1. The van der Waals surface area contributed by atoms with Crippen LogP contribution in [0, 0.1) is 5.92 Å². The summed E-state index contributed by atoms with van der Waals surface area (Å²) >= 11 is 0. The number of carbonyl (C=O) groups is 1. The molecule has 2 heterocycles. The zero-order chi connectivity index (χ0) is 15.7. The van der Waals surface area contributed by atoms with Crippen LogP contribution in [0.5, 0.6) is 0 Å². The lowest BCUT2D eigenvalue weighted by molar-refractivity contribution is -0.134. The number of rotatable bonds is 3. The van der Waals surface area contributed by atoms with Gasteiger partial charge in [-0.3, -0.25) is 4.79 Å². The first kappa shape index (κ1) is 17.8. The number of hydrogen-bond acceptors (Lipinski definition) is 3. The van der Waals surface area contributed by atoms with Crippen molar-refractivity contribution in [2.75, 3.05) is 13.1 Å². The molecule has 1 aliphatic rings. The predicted molar refractivity (Wildman–Crippen MR) is 94.8 cm³/mol. The number of benzene rings is 1. The molecule has 2 N–H and O–H groups in total. The molecule has 0 radical (unpaired) electrons. The van der Waals surface area contributed by atoms with E-state index in [0.29, 0.717) is 5.92 Å². The molecule has 23 heavy (non-hydrogen) atoms. The van der Waals surface area contributed by atoms with Crippen molar-refractivity contribution in [3.05, 3.63) is 36.1 Å². The van der Waals surface area contributed by atoms with Crippen molar-refractivity contribution in [2.45, 2.75) is 38.6 Å². The highest BCUT2D eigenvalue weighted by molar-refractivity contribution is 5.86. The van der Waals surface area contributed by atoms with Crippen LogP contribution >= 0.6 is 12.4 Å². The van der Waals surface area contributed by atoms with Crippen molar-refractivity contribution in [3.63, 3.8) is 0 Å². The van der Waals surface area contributed by atoms with Gasteiger partial charge in [-0.25, -0.2) is 0 Å². The number of hydrogen-bond donors (Lipinski definition) is 1. The van der Waals surface area contributed by atoms with Crippen molar-refractivity contribution >= 4 is 29.3 Å². The fraction of sp³-hybridized carbons (Fsp3) is 0.500. The van der Waals surface area contributed by atoms with Gasteiger partial charge in [0.1, 0.15) is 11.3 Å². The summed E-state index contributed by atoms with van der Waals surface area (Å²) in [7, 11) is 0. The van der Waals surface area contributed by atoms with Crippen LogP contribution in [0.25, 0.3) is 11.0 Å². The Labute approximate surface area is 143 Å². The van der Waals surface area contributed by atoms with E-state index < -0.39 is 0 Å². The Bertz CT molecular complexity index is 627. The van der Waals surface area contributed by atoms with Gasteiger partial charge >= 0.3 is 0 Å². The number of likely N-dealkylation sites (tertiary alicyclic amines) is 1. The molecule has 3 rings (SSSR count). The number of nitrogens with zero attached hydrogens (tertiary/aromatic N) is 1. The van der Waals surface area contributed by atoms with Gasteiger partial charge in [0.05, 0.1) is 5.92 Å². The molecule has 5 heteroatoms. The maximum Gasteiger partial charge on any atom is 0.233 e. The van der Waals surface area contributed by atoms with E-state index in [1.807, 2.05) is 42.2 Å². The molecule has 0 bridgehead atoms. The zero-order valence-electron chi connectivity index (χ0n) is 13.7. The molecule has 0 aliphatic carbocycles. The number of carbonyl (C=O) groups excluding carboxylic acids is 1. The first-order valence-electron chi connectivity index (χ1n) is 8.09. The molecule has 1 fully saturated rings. The van der Waals surface area contributed by atoms with E-state index in [2.05, 4.69) is 6.92 Å². The molecule has 2 aromatic rings. The van der Waals surface area contributed by atoms with Crippen LogP contribution in [0.1, 0.15) is 38.4 Å². The second-order valence-corrected chi connectivity index (χ2v) is 6.43. The molecule has 1 amide bonds. The van der Waals surface area contributed by atoms with Gasteiger partial charge in [0.25, 0.3) is 0 Å². The average Bonchev–Trinajstić information content (AvgIpc) is 2.97. The fourth-order valence-electron chi connectivity index (χ4n) is 3.26. The minimum Gasteiger partial charge on any atom is -0.460 e. The Morgan fingerprint density at radius 1 is 1.26 bits per heavy atom. The maximum absolute atomic E-state index is 12.7. The third-order valence-electron chi connectivity index (χ3n) is 4.84. The number of fused-ring (bicyclic) bond motifs is 1. The summed E-state index contributed by atoms with van der Waals surface area (Å²) in [6.45, 7) is 5.59. The number of halogens is 1. The SMILES string of the molecule is CC(C(=O)N1CCC(C(C)N)CC1)c1cc2ccccc2o1.Cl. The van der Waals surface area contributed by atoms with Crippen molar-refractivity contribution in [1.82, 2.24) is 4.90 Å². The number of piperidine rings is 1. The third-order valence-corrected chi connectivity index (χ3v) is 4.84. The highest BCUT2D eigenvalue weighted by Crippen LogP contribution is 2.28. The molecule has 0 saturated carbocycles. The molecule has 0 spiro atoms. The Hall–Kier alpha value is -1.52. The van der Waals surface area contributed by atoms with Gasteiger partial charge in [-0.1, -0.05) is 18.2 Å². The largest absolute Gasteiger partial charge is 0.460 e. The number of para-hydroxylation sites is 1. The van der Waals surface area contributed by atoms with Crippen LogP contribution in [-0.4, -0.2) is 29.9 Å². The van der Waals surface area contributed by atoms with E-state index in [-0.39, 0.29) is 30.3 Å². The quantitative estimate of drug-likeness (QED) is 0.932. The molecule has 4 nitrogen and oxygen atoms in total. The molecule has 2 unspecified atom stereocenters. The van der Waals surface area contributed by atoms with E-state index in [4.69, 9.17) is 10.2 Å². The van der Waals surface area contributed by atoms with Crippen molar-refractivity contribution in [1.29, 1.82) is 0 Å². The second-order valence-electron chi connectivity index (χ2n) is 6.43. The zero-order valence-corrected chi connectivity index (χ0v) is 14.5. The smallest absolute Gasteiger partial charge is 0.233 e. The first-order chi connectivity index (χ1) is 10.6. The van der Waals surface area contributed by atoms with E-state index in [9.17, 15) is 4.79 Å². The van der Waals surface area contributed by atoms with Crippen molar-refractivity contribution < 1.29 is 9.21 Å². The second kappa shape index (κ2) is 7.37. The minimum absolute atomic E-state index is 0. The minimum atomic E-state index is -0.237. The number of furan rings is 1. The van der Waals surface area contributed by atoms with Gasteiger partial charge in [0.2, 0.25) is 5.91 Å². The lowest BCUT2D eigenvalue weighted by atomic mass is 9.90. The van der Waals surface area contributed by atoms with Crippen LogP contribution in [0.15, 0.2) is 34.7 Å². The van der Waals surface area contributed by atoms with E-state index in [1.54, 1.807) is 0 Å². The summed E-state index contributed by atoms with van der Waals surface area (Å²) in [6.07, 6.45) is 1.99. The molecule has 1 saturated heterocycles. The summed E-state index contributed by atoms with van der Waals surface area (Å²) in [4.78, 5) is 14.6. The summed E-state index contributed by atoms with van der Waals surface area (Å²) in [5.74, 6) is 1.20. The topological polar surface area (TPSA) is 59.5 Å². The Kier molecular flexibility index (Phi) is 5.71. The molecule has 1 aliphatic heterocycles. The van der Waals surface area contributed by atoms with Gasteiger partial charge in [-0.2, -0.15) is 0 Å². The van der Waals surface area contributed by atoms with E-state index in [0.717, 1.165) is 42.7 Å². The van der Waals surface area contributed by atoms with E-state index >= 15 is 0 Å². The summed E-state index contributed by atoms with van der Waals surface area (Å²) < 4.78 is 5.83. The standard InChI is InChI=1S/C18H24N2O2.ClH/c1-12(17-11-15-5-3-4-6-16(15)22-17)18(21)20-9-7-14(8-10-20)13(2)19;/h3-6,11-14H,7-10,19H2,1-2H3;1H. The number of nitrogens with two attached hydrogens (primary N) is 1. The summed E-state index contributed by atoms with van der Waals surface area (Å²) in [5.41, 5.74) is 6.80. The van der Waals surface area contributed by atoms with Crippen LogP contribution in [-0.2, 0) is 4.79 Å². The van der Waals surface area contributed by atoms with Crippen LogP contribution in [0.2, 0.25) is 0 Å². The predicted octanol–water partition coefficient (Wildman–Crippen LogP) is 3.54. The molecular formula is C18H25ClN2O2. The first-order valence-corrected chi connectivity index (χ1v) is 8.09. The molecule has 1 aromatic carbocycles. The van der Waals surface area contributed by atoms with Gasteiger partial charge in [-0.05, 0) is 44.7 Å². The molecule has 1 aromatic heterocycles. The van der Waals surface area contributed by atoms with Crippen molar-refractivity contribution in [2.24, 2.45) is 11.7 Å². The van der Waals surface area contributed by atoms with E-state index in [1.165, 1.54) is 0 Å². The third kappa shape index (κ3) is 3.70. The highest BCUT2D eigenvalue weighted by Gasteiger charge is 2.29. The molecule has 126 valence electrons. The normalized spacial score (nSPS) is 18.5. The Morgan fingerprint density at radius 3 is 2.52 bits per heavy atom. The van der Waals surface area contributed by atoms with Gasteiger partial charge < -0.3 is 15.1 Å². The van der Waals surface area contributed by atoms with Gasteiger partial charge in [0, 0.05) is 24.5 Å². The average molecular weight is 337 g/mol. The maximum atomic E-state index is 12.7. The lowest BCUT2D eigenvalue weighted by Crippen LogP contribution is -2.43. The fourth-order valence-corrected chi connectivity index (χ4v) is 3.26. The monoisotopic (exact) mass is 336 g/mol. The lowest BCUT2D eigenvalue weighted by Gasteiger charge is -2.34. The summed E-state index contributed by atoms with van der Waals surface area (Å²) in [6, 6.07) is 10.1. The highest BCUT2D eigenvalue weighted by atomic mass is 35.5. The van der Waals surface area contributed by atoms with Crippen LogP contribution < -0.4 is 5.73 Å². The van der Waals surface area contributed by atoms with Crippen molar-refractivity contribution in [3.8, 4) is 0 Å². The molecule has 2 atom stereocenters. The van der Waals surface area contributed by atoms with Crippen LogP contribution in [0.4, 0.5) is 0 Å². The van der Waals surface area contributed by atoms with Crippen LogP contribution in [0.3, 0.4) is 0 Å². The van der Waals surface area contributed by atoms with Gasteiger partial charge in [-0.15, -0.1) is 12.4 Å². The van der Waals surface area contributed by atoms with Gasteiger partial charge in [0.15, 0.2) is 0 Å².